The number of allylic oxidation sites excluding steroid dienone is 1. The summed E-state index contributed by atoms with van der Waals surface area (Å²) in [6.07, 6.45) is -7.10. The number of Topliss-reactive ketones (excluding diaryl/α,β-unsaturated/α-hetero) is 1. The molecule has 10 atom stereocenters. The third-order valence-electron chi connectivity index (χ3n) is 11.1. The molecule has 3 saturated carbocycles. The van der Waals surface area contributed by atoms with Crippen LogP contribution in [0, 0.1) is 28.1 Å². The first-order chi connectivity index (χ1) is 23.5. The summed E-state index contributed by atoms with van der Waals surface area (Å²) < 4.78 is 23.7. The summed E-state index contributed by atoms with van der Waals surface area (Å²) in [6.45, 7) is 10.0. The molecule has 3 aliphatic carbocycles. The highest BCUT2D eigenvalue weighted by atomic mass is 16.6. The van der Waals surface area contributed by atoms with Gasteiger partial charge in [-0.15, -0.1) is 6.58 Å². The third-order valence-corrected chi connectivity index (χ3v) is 11.1. The second kappa shape index (κ2) is 13.4. The Morgan fingerprint density at radius 1 is 0.840 bits per heavy atom. The van der Waals surface area contributed by atoms with E-state index >= 15 is 0 Å². The van der Waals surface area contributed by atoms with E-state index in [2.05, 4.69) is 6.58 Å². The van der Waals surface area contributed by atoms with Crippen molar-refractivity contribution in [3.63, 3.8) is 0 Å². The normalized spacial score (nSPS) is 35.8. The summed E-state index contributed by atoms with van der Waals surface area (Å²) in [5, 5.41) is 36.8. The molecule has 3 fully saturated rings. The van der Waals surface area contributed by atoms with Gasteiger partial charge in [-0.05, 0) is 43.5 Å². The fourth-order valence-corrected chi connectivity index (χ4v) is 8.97. The van der Waals surface area contributed by atoms with Crippen LogP contribution < -0.4 is 0 Å². The van der Waals surface area contributed by atoms with E-state index in [0.29, 0.717) is 0 Å². The standard InChI is InChI=1S/C38H44O12/c1-7-36(6)19-25(49-32(43)23-14-10-8-11-15-23)29-37(20-39)26(18-27(47-21(2)40)38(29,46)34(36)45)35(4,5)30(48-22(3)41)28(42)31(37)50-33(44)24-16-12-9-13-17-24/h7-17,25-31,39,42,46H,1,18-20H2,2-6H3/t25?,26?,27-,28+,29?,30-,31+,36+,37+,38+/m1/s1. The highest BCUT2D eigenvalue weighted by Gasteiger charge is 2.79. The van der Waals surface area contributed by atoms with Crippen LogP contribution in [0.1, 0.15) is 68.2 Å². The Labute approximate surface area is 290 Å². The van der Waals surface area contributed by atoms with Crippen molar-refractivity contribution in [2.75, 3.05) is 6.61 Å². The number of fused-ring (bicyclic) bond motifs is 3. The zero-order valence-corrected chi connectivity index (χ0v) is 28.7. The maximum atomic E-state index is 14.7. The molecule has 50 heavy (non-hydrogen) atoms. The third kappa shape index (κ3) is 5.82. The number of carbonyl (C=O) groups excluding carboxylic acids is 5. The zero-order chi connectivity index (χ0) is 36.8. The van der Waals surface area contributed by atoms with Crippen LogP contribution in [-0.4, -0.2) is 87.7 Å². The predicted octanol–water partition coefficient (Wildman–Crippen LogP) is 3.21. The first kappa shape index (κ1) is 36.9. The van der Waals surface area contributed by atoms with Crippen LogP contribution in [0.5, 0.6) is 0 Å². The Morgan fingerprint density at radius 2 is 1.36 bits per heavy atom. The van der Waals surface area contributed by atoms with Gasteiger partial charge in [-0.3, -0.25) is 14.4 Å². The van der Waals surface area contributed by atoms with Gasteiger partial charge < -0.3 is 34.3 Å². The van der Waals surface area contributed by atoms with Gasteiger partial charge >= 0.3 is 23.9 Å². The first-order valence-electron chi connectivity index (χ1n) is 16.5. The van der Waals surface area contributed by atoms with Crippen molar-refractivity contribution in [1.82, 2.24) is 0 Å². The Balaban J connectivity index is 1.80. The van der Waals surface area contributed by atoms with E-state index in [1.165, 1.54) is 37.3 Å². The topological polar surface area (TPSA) is 183 Å². The summed E-state index contributed by atoms with van der Waals surface area (Å²) in [4.78, 5) is 67.3. The van der Waals surface area contributed by atoms with Crippen molar-refractivity contribution < 1.29 is 58.2 Å². The second-order valence-electron chi connectivity index (χ2n) is 14.5. The van der Waals surface area contributed by atoms with Gasteiger partial charge in [-0.2, -0.15) is 0 Å². The lowest BCUT2D eigenvalue weighted by atomic mass is 9.38. The van der Waals surface area contributed by atoms with E-state index in [4.69, 9.17) is 18.9 Å². The SMILES string of the molecule is C=C[C@@]1(C)CC(OC(=O)c2ccccc2)C2[C@]3(CO)C(C[C@@H](OC(C)=O)[C@@]2(O)C1=O)C(C)(C)[C@H](OC(C)=O)[C@H](O)[C@@H]3OC(=O)c1ccccc1. The molecule has 0 spiro atoms. The second-order valence-corrected chi connectivity index (χ2v) is 14.5. The highest BCUT2D eigenvalue weighted by Crippen LogP contribution is 2.67. The zero-order valence-electron chi connectivity index (χ0n) is 28.7. The molecule has 0 radical (unpaired) electrons. The Bertz CT molecular complexity index is 1660. The molecule has 0 aromatic heterocycles. The average molecular weight is 693 g/mol. The van der Waals surface area contributed by atoms with Crippen LogP contribution in [0.3, 0.4) is 0 Å². The minimum absolute atomic E-state index is 0.0908. The lowest BCUT2D eigenvalue weighted by molar-refractivity contribution is -0.324. The Kier molecular flexibility index (Phi) is 9.87. The molecule has 12 nitrogen and oxygen atoms in total. The smallest absolute Gasteiger partial charge is 0.338 e. The molecule has 268 valence electrons. The van der Waals surface area contributed by atoms with Crippen molar-refractivity contribution in [3.05, 3.63) is 84.4 Å². The van der Waals surface area contributed by atoms with Crippen LogP contribution in [0.4, 0.5) is 0 Å². The number of aliphatic hydroxyl groups is 3. The van der Waals surface area contributed by atoms with E-state index in [0.717, 1.165) is 13.8 Å². The number of carbonyl (C=O) groups is 5. The summed E-state index contributed by atoms with van der Waals surface area (Å²) in [7, 11) is 0. The van der Waals surface area contributed by atoms with Gasteiger partial charge in [0.2, 0.25) is 0 Å². The van der Waals surface area contributed by atoms with E-state index < -0.39 is 100 Å². The van der Waals surface area contributed by atoms with Crippen LogP contribution in [0.15, 0.2) is 73.3 Å². The molecule has 5 rings (SSSR count). The number of rotatable bonds is 8. The number of hydrogen-bond acceptors (Lipinski definition) is 12. The molecule has 2 aromatic carbocycles. The van der Waals surface area contributed by atoms with Gasteiger partial charge in [0, 0.05) is 37.0 Å². The van der Waals surface area contributed by atoms with Crippen LogP contribution in [-0.2, 0) is 33.3 Å². The molecule has 3 aliphatic rings. The molecular weight excluding hydrogens is 648 g/mol. The minimum atomic E-state index is -2.67. The maximum Gasteiger partial charge on any atom is 0.338 e. The van der Waals surface area contributed by atoms with Crippen molar-refractivity contribution in [3.8, 4) is 0 Å². The van der Waals surface area contributed by atoms with Crippen molar-refractivity contribution in [2.45, 2.75) is 83.6 Å². The molecule has 0 bridgehead atoms. The van der Waals surface area contributed by atoms with Crippen molar-refractivity contribution in [2.24, 2.45) is 28.1 Å². The highest BCUT2D eigenvalue weighted by molar-refractivity contribution is 5.97. The number of aliphatic hydroxyl groups excluding tert-OH is 2. The number of ketones is 1. The minimum Gasteiger partial charge on any atom is -0.459 e. The predicted molar refractivity (Wildman–Crippen MR) is 176 cm³/mol. The Morgan fingerprint density at radius 3 is 1.84 bits per heavy atom. The van der Waals surface area contributed by atoms with Crippen LogP contribution >= 0.6 is 0 Å². The molecule has 0 aliphatic heterocycles. The van der Waals surface area contributed by atoms with Gasteiger partial charge in [0.15, 0.2) is 11.4 Å². The molecule has 0 amide bonds. The largest absolute Gasteiger partial charge is 0.459 e. The fourth-order valence-electron chi connectivity index (χ4n) is 8.97. The van der Waals surface area contributed by atoms with Gasteiger partial charge in [0.05, 0.1) is 23.1 Å². The molecule has 3 N–H and O–H groups in total. The van der Waals surface area contributed by atoms with Crippen molar-refractivity contribution >= 4 is 29.7 Å². The summed E-state index contributed by atoms with van der Waals surface area (Å²) >= 11 is 0. The van der Waals surface area contributed by atoms with Crippen LogP contribution in [0.2, 0.25) is 0 Å². The van der Waals surface area contributed by atoms with E-state index in [1.54, 1.807) is 50.2 Å². The number of benzene rings is 2. The van der Waals surface area contributed by atoms with E-state index in [9.17, 15) is 39.3 Å². The van der Waals surface area contributed by atoms with Gasteiger partial charge in [0.25, 0.3) is 0 Å². The lowest BCUT2D eigenvalue weighted by Gasteiger charge is -2.69. The van der Waals surface area contributed by atoms with Gasteiger partial charge in [-0.25, -0.2) is 9.59 Å². The number of esters is 4. The van der Waals surface area contributed by atoms with Crippen LogP contribution in [0.25, 0.3) is 0 Å². The van der Waals surface area contributed by atoms with E-state index in [-0.39, 0.29) is 24.0 Å². The average Bonchev–Trinajstić information content (AvgIpc) is 3.08. The molecular formula is C38H44O12. The Hall–Kier alpha value is -4.39. The maximum absolute atomic E-state index is 14.7. The number of ether oxygens (including phenoxy) is 4. The monoisotopic (exact) mass is 692 g/mol. The lowest BCUT2D eigenvalue weighted by Crippen LogP contribution is -2.82. The summed E-state index contributed by atoms with van der Waals surface area (Å²) in [5.74, 6) is -6.77. The molecule has 12 heteroatoms. The quantitative estimate of drug-likeness (QED) is 0.209. The number of hydrogen-bond donors (Lipinski definition) is 3. The molecule has 0 heterocycles. The molecule has 0 saturated heterocycles. The molecule has 3 unspecified atom stereocenters. The fraction of sp³-hybridized carbons (Fsp3) is 0.500. The van der Waals surface area contributed by atoms with Gasteiger partial charge in [-0.1, -0.05) is 56.3 Å². The first-order valence-corrected chi connectivity index (χ1v) is 16.5. The summed E-state index contributed by atoms with van der Waals surface area (Å²) in [6, 6.07) is 15.8. The summed E-state index contributed by atoms with van der Waals surface area (Å²) in [5.41, 5.74) is -7.22. The van der Waals surface area contributed by atoms with E-state index in [1.807, 2.05) is 0 Å². The van der Waals surface area contributed by atoms with Gasteiger partial charge in [0.1, 0.15) is 30.5 Å². The van der Waals surface area contributed by atoms with Crippen molar-refractivity contribution in [1.29, 1.82) is 0 Å². The molecule has 2 aromatic rings.